The highest BCUT2D eigenvalue weighted by atomic mass is 79.9. The summed E-state index contributed by atoms with van der Waals surface area (Å²) in [5, 5.41) is 13.5. The molecule has 0 saturated carbocycles. The number of benzene rings is 2. The molecule has 3 fully saturated rings. The van der Waals surface area contributed by atoms with Crippen molar-refractivity contribution in [3.05, 3.63) is 85.5 Å². The van der Waals surface area contributed by atoms with Gasteiger partial charge in [0.15, 0.2) is 0 Å². The minimum absolute atomic E-state index is 0.0940. The number of anilines is 1. The molecule has 3 amide bonds. The summed E-state index contributed by atoms with van der Waals surface area (Å²) in [6.45, 7) is 8.97. The van der Waals surface area contributed by atoms with Crippen molar-refractivity contribution in [3.63, 3.8) is 0 Å². The van der Waals surface area contributed by atoms with Crippen LogP contribution < -0.4 is 15.0 Å². The fraction of sp³-hybridized carbons (Fsp3) is 0.459. The molecule has 11 nitrogen and oxygen atoms in total. The van der Waals surface area contributed by atoms with Crippen LogP contribution in [-0.2, 0) is 35.1 Å². The lowest BCUT2D eigenvalue weighted by molar-refractivity contribution is -0.159. The lowest BCUT2D eigenvalue weighted by Gasteiger charge is -2.39. The Morgan fingerprint density at radius 1 is 1.16 bits per heavy atom. The molecule has 262 valence electrons. The molecule has 2 N–H and O–H groups in total. The number of allylic oxidation sites excluding steroid dienone is 1. The topological polar surface area (TPSA) is 135 Å². The van der Waals surface area contributed by atoms with Gasteiger partial charge < -0.3 is 34.4 Å². The predicted octanol–water partition coefficient (Wildman–Crippen LogP) is 3.58. The predicted molar refractivity (Wildman–Crippen MR) is 187 cm³/mol. The van der Waals surface area contributed by atoms with Crippen LogP contribution in [0.3, 0.4) is 0 Å². The number of nitrogens with one attached hydrogen (secondary N) is 1. The van der Waals surface area contributed by atoms with Crippen LogP contribution in [-0.4, -0.2) is 95.2 Å². The third-order valence-electron chi connectivity index (χ3n) is 9.59. The number of esters is 1. The minimum Gasteiger partial charge on any atom is -0.497 e. The Labute approximate surface area is 295 Å². The Kier molecular flexibility index (Phi) is 11.6. The quantitative estimate of drug-likeness (QED) is 0.152. The van der Waals surface area contributed by atoms with Crippen LogP contribution in [0.25, 0.3) is 0 Å². The zero-order chi connectivity index (χ0) is 35.3. The first-order valence-electron chi connectivity index (χ1n) is 16.5. The van der Waals surface area contributed by atoms with Crippen molar-refractivity contribution in [2.75, 3.05) is 31.7 Å². The summed E-state index contributed by atoms with van der Waals surface area (Å²) in [5.74, 6) is -3.14. The number of methoxy groups -OCH3 is 1. The average Bonchev–Trinajstić information content (AvgIpc) is 3.71. The molecule has 8 atom stereocenters. The van der Waals surface area contributed by atoms with Gasteiger partial charge in [0, 0.05) is 23.5 Å². The van der Waals surface area contributed by atoms with Crippen molar-refractivity contribution in [1.82, 2.24) is 10.2 Å². The van der Waals surface area contributed by atoms with E-state index in [1.54, 1.807) is 50.5 Å². The summed E-state index contributed by atoms with van der Waals surface area (Å²) in [6, 6.07) is 14.4. The second-order valence-corrected chi connectivity index (χ2v) is 13.9. The van der Waals surface area contributed by atoms with E-state index in [0.717, 1.165) is 5.56 Å². The number of fused-ring (bicyclic) bond motifs is 1. The number of halogens is 1. The Morgan fingerprint density at radius 3 is 2.51 bits per heavy atom. The van der Waals surface area contributed by atoms with Crippen molar-refractivity contribution in [1.29, 1.82) is 0 Å². The van der Waals surface area contributed by atoms with E-state index >= 15 is 0 Å². The number of likely N-dealkylation sites (tertiary alicyclic amines) is 1. The third-order valence-corrected chi connectivity index (χ3v) is 10.4. The Balaban J connectivity index is 1.51. The summed E-state index contributed by atoms with van der Waals surface area (Å²) < 4.78 is 17.8. The largest absolute Gasteiger partial charge is 0.497 e. The van der Waals surface area contributed by atoms with E-state index < -0.39 is 66.1 Å². The third kappa shape index (κ3) is 7.18. The second-order valence-electron chi connectivity index (χ2n) is 12.7. The van der Waals surface area contributed by atoms with Crippen LogP contribution in [0.2, 0.25) is 0 Å². The van der Waals surface area contributed by atoms with E-state index in [0.29, 0.717) is 17.9 Å². The molecule has 0 aliphatic carbocycles. The first-order valence-corrected chi connectivity index (χ1v) is 17.4. The van der Waals surface area contributed by atoms with E-state index in [2.05, 4.69) is 34.4 Å². The number of aliphatic hydroxyl groups is 1. The SMILES string of the molecule is C=CCCC(=O)NC[C@H](C)OC(=O)[C@@H]1[C@H]2O[C@@]3(CC2Br)[C@H](C(=O)N(CC=C)c2ccc(OC)cc2)N([C@@H](CO)Cc2ccccc2)C(=O)[C@@H]13. The first kappa shape index (κ1) is 36.3. The zero-order valence-corrected chi connectivity index (χ0v) is 29.4. The van der Waals surface area contributed by atoms with Gasteiger partial charge in [-0.15, -0.1) is 13.2 Å². The molecule has 1 unspecified atom stereocenters. The normalized spacial score (nSPS) is 26.4. The van der Waals surface area contributed by atoms with Crippen LogP contribution >= 0.6 is 15.9 Å². The maximum atomic E-state index is 14.9. The number of hydrogen-bond donors (Lipinski definition) is 2. The van der Waals surface area contributed by atoms with Crippen molar-refractivity contribution in [2.24, 2.45) is 11.8 Å². The molecule has 5 rings (SSSR count). The highest BCUT2D eigenvalue weighted by molar-refractivity contribution is 9.09. The monoisotopic (exact) mass is 737 g/mol. The van der Waals surface area contributed by atoms with Gasteiger partial charge in [0.05, 0.1) is 44.2 Å². The summed E-state index contributed by atoms with van der Waals surface area (Å²) in [5.41, 5.74) is 0.0515. The van der Waals surface area contributed by atoms with Crippen molar-refractivity contribution < 1.29 is 38.5 Å². The molecular formula is C37H44BrN3O8. The molecule has 12 heteroatoms. The maximum absolute atomic E-state index is 14.9. The molecule has 0 radical (unpaired) electrons. The number of hydrogen-bond acceptors (Lipinski definition) is 8. The van der Waals surface area contributed by atoms with E-state index in [-0.39, 0.29) is 43.1 Å². The number of carbonyl (C=O) groups is 4. The smallest absolute Gasteiger partial charge is 0.312 e. The summed E-state index contributed by atoms with van der Waals surface area (Å²) in [6.07, 6.45) is 3.19. The molecule has 2 aromatic rings. The van der Waals surface area contributed by atoms with E-state index in [4.69, 9.17) is 14.2 Å². The van der Waals surface area contributed by atoms with Crippen LogP contribution in [0.1, 0.15) is 31.7 Å². The summed E-state index contributed by atoms with van der Waals surface area (Å²) >= 11 is 3.70. The van der Waals surface area contributed by atoms with Gasteiger partial charge in [-0.25, -0.2) is 0 Å². The molecule has 0 aromatic heterocycles. The van der Waals surface area contributed by atoms with Crippen molar-refractivity contribution >= 4 is 45.3 Å². The number of nitrogens with zero attached hydrogens (tertiary/aromatic N) is 2. The van der Waals surface area contributed by atoms with Crippen molar-refractivity contribution in [2.45, 2.75) is 67.3 Å². The van der Waals surface area contributed by atoms with Crippen LogP contribution in [0, 0.1) is 11.8 Å². The lowest BCUT2D eigenvalue weighted by Crippen LogP contribution is -2.59. The second kappa shape index (κ2) is 15.7. The number of amides is 3. The lowest BCUT2D eigenvalue weighted by atomic mass is 9.70. The number of rotatable bonds is 16. The summed E-state index contributed by atoms with van der Waals surface area (Å²) in [7, 11) is 1.55. The fourth-order valence-electron chi connectivity index (χ4n) is 7.41. The Hall–Kier alpha value is -4.00. The van der Waals surface area contributed by atoms with Gasteiger partial charge in [-0.05, 0) is 56.0 Å². The molecule has 3 aliphatic rings. The molecule has 3 heterocycles. The Morgan fingerprint density at radius 2 is 1.88 bits per heavy atom. The summed E-state index contributed by atoms with van der Waals surface area (Å²) in [4.78, 5) is 58.4. The first-order chi connectivity index (χ1) is 23.6. The standard InChI is InChI=1S/C37H44BrN3O8/c1-5-7-13-29(43)39-21-23(3)48-36(46)30-31-34(44)41(26(22-42)19-24-11-9-8-10-12-24)33(37(31)20-28(38)32(30)49-37)35(45)40(18-6-2)25-14-16-27(47-4)17-15-25/h5-6,8-12,14-17,23,26,28,30-33,42H,1-2,7,13,18-22H2,3-4H3,(H,39,43)/t23-,26+,28?,30-,31+,32-,33-,37+/m0/s1. The fourth-order valence-corrected chi connectivity index (χ4v) is 8.35. The van der Waals surface area contributed by atoms with Gasteiger partial charge >= 0.3 is 5.97 Å². The average molecular weight is 739 g/mol. The van der Waals surface area contributed by atoms with Crippen molar-refractivity contribution in [3.8, 4) is 5.75 Å². The van der Waals surface area contributed by atoms with E-state index in [9.17, 15) is 24.3 Å². The van der Waals surface area contributed by atoms with Crippen LogP contribution in [0.5, 0.6) is 5.75 Å². The van der Waals surface area contributed by atoms with E-state index in [1.165, 1.54) is 9.80 Å². The molecular weight excluding hydrogens is 694 g/mol. The van der Waals surface area contributed by atoms with Gasteiger partial charge in [0.25, 0.3) is 5.91 Å². The number of carbonyl (C=O) groups excluding carboxylic acids is 4. The number of ether oxygens (including phenoxy) is 3. The molecule has 49 heavy (non-hydrogen) atoms. The Bertz CT molecular complexity index is 1540. The van der Waals surface area contributed by atoms with Gasteiger partial charge in [-0.3, -0.25) is 19.2 Å². The van der Waals surface area contributed by atoms with Gasteiger partial charge in [-0.1, -0.05) is 58.4 Å². The van der Waals surface area contributed by atoms with Gasteiger partial charge in [0.1, 0.15) is 23.5 Å². The highest BCUT2D eigenvalue weighted by Crippen LogP contribution is 2.61. The molecule has 2 aromatic carbocycles. The molecule has 3 aliphatic heterocycles. The number of alkyl halides is 1. The van der Waals surface area contributed by atoms with Gasteiger partial charge in [-0.2, -0.15) is 0 Å². The molecule has 1 spiro atoms. The highest BCUT2D eigenvalue weighted by Gasteiger charge is 2.77. The van der Waals surface area contributed by atoms with Crippen LogP contribution in [0.4, 0.5) is 5.69 Å². The van der Waals surface area contributed by atoms with E-state index in [1.807, 2.05) is 30.3 Å². The minimum atomic E-state index is -1.38. The van der Waals surface area contributed by atoms with Crippen LogP contribution in [0.15, 0.2) is 79.9 Å². The molecule has 3 saturated heterocycles. The molecule has 2 bridgehead atoms. The van der Waals surface area contributed by atoms with Gasteiger partial charge in [0.2, 0.25) is 11.8 Å². The zero-order valence-electron chi connectivity index (χ0n) is 27.8. The maximum Gasteiger partial charge on any atom is 0.312 e. The number of aliphatic hydroxyl groups excluding tert-OH is 1.